The minimum Gasteiger partial charge on any atom is -0.393 e. The van der Waals surface area contributed by atoms with Gasteiger partial charge >= 0.3 is 0 Å². The number of ketones is 2. The third-order valence-electron chi connectivity index (χ3n) is 44.5. The Kier molecular flexibility index (Phi) is 23.6. The van der Waals surface area contributed by atoms with Gasteiger partial charge in [0.25, 0.3) is 0 Å². The molecule has 0 saturated heterocycles. The van der Waals surface area contributed by atoms with Crippen LogP contribution in [-0.2, 0) is 9.59 Å². The molecule has 18 saturated carbocycles. The number of fused-ring (bicyclic) bond motifs is 25. The molecule has 0 radical (unpaired) electrons. The second-order valence-electron chi connectivity index (χ2n) is 46.7. The highest BCUT2D eigenvalue weighted by atomic mass is 16.3. The summed E-state index contributed by atoms with van der Waals surface area (Å²) in [5.41, 5.74) is 5.69. The quantitative estimate of drug-likeness (QED) is 0.245. The summed E-state index contributed by atoms with van der Waals surface area (Å²) in [6, 6.07) is 7.71. The van der Waals surface area contributed by atoms with Crippen molar-refractivity contribution < 1.29 is 24.9 Å². The van der Waals surface area contributed by atoms with E-state index in [2.05, 4.69) is 113 Å². The molecule has 36 atom stereocenters. The van der Waals surface area contributed by atoms with Crippen LogP contribution in [-0.4, -0.2) is 45.2 Å². The Morgan fingerprint density at radius 2 is 0.628 bits per heavy atom. The van der Waals surface area contributed by atoms with Crippen molar-refractivity contribution in [3.8, 4) is 18.2 Å². The van der Waals surface area contributed by atoms with Crippen molar-refractivity contribution in [3.63, 3.8) is 0 Å². The third-order valence-corrected chi connectivity index (χ3v) is 44.5. The van der Waals surface area contributed by atoms with Crippen LogP contribution in [0, 0.1) is 224 Å². The van der Waals surface area contributed by atoms with Gasteiger partial charge in [0.05, 0.1) is 42.4 Å². The van der Waals surface area contributed by atoms with E-state index in [0.717, 1.165) is 207 Å². The third kappa shape index (κ3) is 13.2. The van der Waals surface area contributed by atoms with Gasteiger partial charge in [-0.15, -0.1) is 0 Å². The van der Waals surface area contributed by atoms with Crippen LogP contribution in [0.1, 0.15) is 391 Å². The Hall–Kier alpha value is -2.83. The Balaban J connectivity index is 0.000000107. The zero-order chi connectivity index (χ0) is 79.8. The molecule has 0 unspecified atom stereocenters. The first-order chi connectivity index (χ1) is 54.2. The molecule has 0 aliphatic heterocycles. The number of rotatable bonds is 5. The Bertz CT molecular complexity index is 3400. The van der Waals surface area contributed by atoms with E-state index in [-0.39, 0.29) is 40.0 Å². The standard InChI is InChI=1S/C22H33N.C21H33NO.C21H31NO.C21H34O.C20H32O2/c1-4-22-12-9-15(2)13-16(22)5-7-18-19-8-6-17(14-23)21(19,3)11-10-20(18)22;2*1-3-21-11-8-16(23)12-14(21)4-6-17-18-7-5-15(13-22)20(18,2)10-9-19(17)21;1-4-21-12-9-14(2)13-15(21)5-6-16-17-7-8-19(22)20(17,3)11-10-18(16)21;1-3-20-11-8-14(21)12-13(20)4-5-15-16-6-7-18(22)19(16,2)10-9-17(15)20/h6,15-16,18-20H,4-5,7-13H2,1-3H3;14-19,23H,3-12H2,1-2H3;5,14,16-19,23H,3-4,6-12H2,1-2H3;14-18H,4-13H2,1-3H3;13-17,21H,3-12H2,1-2H3/t15-,16+,18+,19+,20+,21-,22+;14-,15+,16+,17-,18-,19-,20+,21-;14-,16+,17-,18-,19-,20+,21-;14-,15+,16+,17+,18+,20+,21+;13-,14+,15-,16-,17-,19-,20-/m10010/s1. The SMILES string of the molecule is CC[C@]12CC[C@@H](C)C[C@@H]1CC[C@@H]1[C@@H]2CC[C@]2(C)C(=O)CC[C@@H]12.CC[C@]12CC[C@@H](C)C[C@@H]1CC[C@@H]1[C@@H]2CC[C@]2(C)C(C#N)=CC[C@@H]12.CC[C@]12CC[C@@H](O)C[C@@H]1CC[C@@H]1[C@@H]2CC[C@]2(C)C(=O)CC[C@@H]12.CC[C@]12CC[C@@H](O)C[C@@H]1CC[C@@H]1[C@@H]2CC[C@]2(C)C(C#N)=CC[C@@H]12.CC[C@]12CC[C@@H](O)C[C@@H]1CC[C@H]1[C@@H]3CC[C@H](C#N)[C@@]3(C)CC[C@@H]12. The second kappa shape index (κ2) is 31.9. The zero-order valence-electron chi connectivity index (χ0n) is 74.1. The number of nitriles is 3. The number of carbonyl (C=O) groups is 2. The predicted molar refractivity (Wildman–Crippen MR) is 455 cm³/mol. The molecule has 20 aliphatic rings. The van der Waals surface area contributed by atoms with Crippen LogP contribution < -0.4 is 0 Å². The van der Waals surface area contributed by atoms with E-state index in [0.29, 0.717) is 61.8 Å². The smallest absolute Gasteiger partial charge is 0.139 e. The van der Waals surface area contributed by atoms with Crippen molar-refractivity contribution in [2.24, 2.45) is 190 Å². The molecule has 0 spiro atoms. The maximum Gasteiger partial charge on any atom is 0.139 e. The van der Waals surface area contributed by atoms with Gasteiger partial charge < -0.3 is 15.3 Å². The van der Waals surface area contributed by atoms with Crippen LogP contribution >= 0.6 is 0 Å². The summed E-state index contributed by atoms with van der Waals surface area (Å²) >= 11 is 0. The molecule has 3 N–H and O–H groups in total. The number of allylic oxidation sites excluding steroid dienone is 4. The fourth-order valence-electron chi connectivity index (χ4n) is 38.4. The number of carbonyl (C=O) groups excluding carboxylic acids is 2. The van der Waals surface area contributed by atoms with E-state index in [1.54, 1.807) is 0 Å². The maximum atomic E-state index is 12.5. The van der Waals surface area contributed by atoms with Crippen molar-refractivity contribution in [3.05, 3.63) is 23.3 Å². The van der Waals surface area contributed by atoms with Crippen molar-refractivity contribution in [2.75, 3.05) is 0 Å². The van der Waals surface area contributed by atoms with Crippen molar-refractivity contribution in [2.45, 2.75) is 410 Å². The average Bonchev–Trinajstić information content (AvgIpc) is 1.71. The average molecular weight is 1550 g/mol. The van der Waals surface area contributed by atoms with Crippen LogP contribution in [0.3, 0.4) is 0 Å². The van der Waals surface area contributed by atoms with E-state index in [9.17, 15) is 40.7 Å². The summed E-state index contributed by atoms with van der Waals surface area (Å²) < 4.78 is 0. The fraction of sp³-hybridized carbons (Fsp3) is 0.914. The van der Waals surface area contributed by atoms with Crippen molar-refractivity contribution >= 4 is 11.6 Å². The Morgan fingerprint density at radius 1 is 0.327 bits per heavy atom. The van der Waals surface area contributed by atoms with Gasteiger partial charge in [-0.1, -0.05) is 108 Å². The number of hydrogen-bond donors (Lipinski definition) is 3. The maximum absolute atomic E-state index is 12.5. The van der Waals surface area contributed by atoms with E-state index >= 15 is 0 Å². The van der Waals surface area contributed by atoms with Gasteiger partial charge in [0.1, 0.15) is 11.6 Å². The van der Waals surface area contributed by atoms with Gasteiger partial charge in [-0.2, -0.15) is 15.8 Å². The van der Waals surface area contributed by atoms with Gasteiger partial charge in [-0.25, -0.2) is 0 Å². The fourth-order valence-corrected chi connectivity index (χ4v) is 38.4. The Morgan fingerprint density at radius 3 is 0.956 bits per heavy atom. The van der Waals surface area contributed by atoms with E-state index in [4.69, 9.17) is 0 Å². The highest BCUT2D eigenvalue weighted by Crippen LogP contribution is 2.74. The molecule has 18 fully saturated rings. The number of Topliss-reactive ketones (excluding diaryl/α,β-unsaturated/α-hetero) is 2. The summed E-state index contributed by atoms with van der Waals surface area (Å²) in [6.45, 7) is 28.9. The van der Waals surface area contributed by atoms with Gasteiger partial charge in [0.15, 0.2) is 0 Å². The summed E-state index contributed by atoms with van der Waals surface area (Å²) in [7, 11) is 0. The first-order valence-corrected chi connectivity index (χ1v) is 49.9. The lowest BCUT2D eigenvalue weighted by molar-refractivity contribution is -0.146. The van der Waals surface area contributed by atoms with Crippen LogP contribution in [0.25, 0.3) is 0 Å². The molecule has 8 heteroatoms. The molecule has 0 aromatic rings. The first kappa shape index (κ1) is 83.8. The largest absolute Gasteiger partial charge is 0.393 e. The molecular formula is C105H163N3O5. The summed E-state index contributed by atoms with van der Waals surface area (Å²) in [5, 5.41) is 59.2. The van der Waals surface area contributed by atoms with Crippen LogP contribution in [0.4, 0.5) is 0 Å². The molecule has 20 rings (SSSR count). The van der Waals surface area contributed by atoms with Crippen molar-refractivity contribution in [1.29, 1.82) is 15.8 Å². The first-order valence-electron chi connectivity index (χ1n) is 49.9. The molecule has 8 nitrogen and oxygen atoms in total. The molecule has 0 aromatic heterocycles. The van der Waals surface area contributed by atoms with Crippen LogP contribution in [0.2, 0.25) is 0 Å². The number of aliphatic hydroxyl groups excluding tert-OH is 3. The summed E-state index contributed by atoms with van der Waals surface area (Å²) in [4.78, 5) is 24.9. The molecular weight excluding hydrogens is 1380 g/mol. The lowest BCUT2D eigenvalue weighted by atomic mass is 9.43. The highest BCUT2D eigenvalue weighted by molar-refractivity contribution is 5.87. The minimum absolute atomic E-state index is 0.0110. The highest BCUT2D eigenvalue weighted by Gasteiger charge is 2.67. The second-order valence-corrected chi connectivity index (χ2v) is 46.7. The number of nitrogens with zero attached hydrogens (tertiary/aromatic N) is 3. The van der Waals surface area contributed by atoms with Gasteiger partial charge in [0.2, 0.25) is 0 Å². The summed E-state index contributed by atoms with van der Waals surface area (Å²) in [6.07, 6.45) is 65.1. The number of aliphatic hydroxyl groups is 3. The minimum atomic E-state index is -0.0526. The lowest BCUT2D eigenvalue weighted by Gasteiger charge is -2.61. The lowest BCUT2D eigenvalue weighted by Crippen LogP contribution is -2.55. The molecule has 0 amide bonds. The van der Waals surface area contributed by atoms with Gasteiger partial charge in [-0.3, -0.25) is 9.59 Å². The molecule has 113 heavy (non-hydrogen) atoms. The Labute approximate surface area is 689 Å². The normalized spacial score (nSPS) is 53.6. The summed E-state index contributed by atoms with van der Waals surface area (Å²) in [5.74, 6) is 19.9. The van der Waals surface area contributed by atoms with Gasteiger partial charge in [0, 0.05) is 45.6 Å². The van der Waals surface area contributed by atoms with Crippen LogP contribution in [0.15, 0.2) is 23.3 Å². The molecule has 0 aromatic carbocycles. The van der Waals surface area contributed by atoms with E-state index in [1.165, 1.54) is 231 Å². The predicted octanol–water partition coefficient (Wildman–Crippen LogP) is 25.8. The molecule has 628 valence electrons. The molecule has 20 aliphatic carbocycles. The van der Waals surface area contributed by atoms with E-state index < -0.39 is 0 Å². The molecule has 0 bridgehead atoms. The van der Waals surface area contributed by atoms with Crippen LogP contribution in [0.5, 0.6) is 0 Å². The monoisotopic (exact) mass is 1550 g/mol. The number of hydrogen-bond acceptors (Lipinski definition) is 8. The van der Waals surface area contributed by atoms with E-state index in [1.807, 2.05) is 0 Å². The zero-order valence-corrected chi connectivity index (χ0v) is 74.1. The topological polar surface area (TPSA) is 166 Å². The molecule has 0 heterocycles. The van der Waals surface area contributed by atoms with Gasteiger partial charge in [-0.05, 0) is 445 Å². The van der Waals surface area contributed by atoms with Crippen molar-refractivity contribution in [1.82, 2.24) is 0 Å².